The summed E-state index contributed by atoms with van der Waals surface area (Å²) in [5.41, 5.74) is 1.35. The fraction of sp³-hybridized carbons (Fsp3) is 0.167. The van der Waals surface area contributed by atoms with Crippen LogP contribution >= 0.6 is 23.2 Å². The van der Waals surface area contributed by atoms with Crippen molar-refractivity contribution in [2.45, 2.75) is 18.9 Å². The largest absolute Gasteiger partial charge is 0.340 e. The SMILES string of the molecule is O=C(CCC1NC(=O)c2ccccc2NC1=O)Nc1ccc(Cl)c(Cl)c1. The number of fused-ring (bicyclic) bond motifs is 1. The van der Waals surface area contributed by atoms with Gasteiger partial charge in [0.15, 0.2) is 0 Å². The van der Waals surface area contributed by atoms with Gasteiger partial charge in [-0.05, 0) is 36.8 Å². The molecule has 0 saturated heterocycles. The van der Waals surface area contributed by atoms with E-state index in [1.807, 2.05) is 0 Å². The zero-order valence-corrected chi connectivity index (χ0v) is 15.0. The van der Waals surface area contributed by atoms with Crippen molar-refractivity contribution in [1.82, 2.24) is 5.32 Å². The lowest BCUT2D eigenvalue weighted by Crippen LogP contribution is -2.41. The van der Waals surface area contributed by atoms with E-state index in [4.69, 9.17) is 23.2 Å². The molecule has 2 aromatic carbocycles. The lowest BCUT2D eigenvalue weighted by atomic mass is 10.1. The van der Waals surface area contributed by atoms with Crippen molar-refractivity contribution in [3.8, 4) is 0 Å². The second kappa shape index (κ2) is 7.76. The quantitative estimate of drug-likeness (QED) is 0.745. The van der Waals surface area contributed by atoms with Gasteiger partial charge in [0.2, 0.25) is 11.8 Å². The summed E-state index contributed by atoms with van der Waals surface area (Å²) in [6.07, 6.45) is 0.216. The van der Waals surface area contributed by atoms with Crippen LogP contribution in [0.1, 0.15) is 23.2 Å². The van der Waals surface area contributed by atoms with Gasteiger partial charge in [-0.25, -0.2) is 0 Å². The maximum atomic E-state index is 12.3. The molecule has 3 rings (SSSR count). The molecule has 1 atom stereocenters. The molecule has 3 N–H and O–H groups in total. The van der Waals surface area contributed by atoms with Gasteiger partial charge >= 0.3 is 0 Å². The molecule has 0 radical (unpaired) electrons. The molecule has 0 fully saturated rings. The number of benzene rings is 2. The molecule has 0 bridgehead atoms. The molecule has 6 nitrogen and oxygen atoms in total. The van der Waals surface area contributed by atoms with E-state index in [9.17, 15) is 14.4 Å². The lowest BCUT2D eigenvalue weighted by Gasteiger charge is -2.14. The van der Waals surface area contributed by atoms with Crippen LogP contribution in [0.3, 0.4) is 0 Å². The summed E-state index contributed by atoms with van der Waals surface area (Å²) in [4.78, 5) is 36.6. The lowest BCUT2D eigenvalue weighted by molar-refractivity contribution is -0.118. The molecule has 1 heterocycles. The number of hydrogen-bond acceptors (Lipinski definition) is 3. The Morgan fingerprint density at radius 2 is 1.85 bits per heavy atom. The van der Waals surface area contributed by atoms with Gasteiger partial charge in [-0.2, -0.15) is 0 Å². The minimum Gasteiger partial charge on any atom is -0.340 e. The molecule has 0 aliphatic carbocycles. The molecular formula is C18H15Cl2N3O3. The average Bonchev–Trinajstić information content (AvgIpc) is 2.73. The number of carbonyl (C=O) groups excluding carboxylic acids is 3. The van der Waals surface area contributed by atoms with Crippen LogP contribution in [-0.2, 0) is 9.59 Å². The predicted molar refractivity (Wildman–Crippen MR) is 101 cm³/mol. The zero-order valence-electron chi connectivity index (χ0n) is 13.5. The van der Waals surface area contributed by atoms with Crippen LogP contribution in [0, 0.1) is 0 Å². The third kappa shape index (κ3) is 4.15. The summed E-state index contributed by atoms with van der Waals surface area (Å²) in [5.74, 6) is -1.01. The highest BCUT2D eigenvalue weighted by molar-refractivity contribution is 6.42. The van der Waals surface area contributed by atoms with Crippen LogP contribution in [-0.4, -0.2) is 23.8 Å². The van der Waals surface area contributed by atoms with Crippen molar-refractivity contribution >= 4 is 52.3 Å². The Hall–Kier alpha value is -2.57. The van der Waals surface area contributed by atoms with E-state index in [2.05, 4.69) is 16.0 Å². The first kappa shape index (κ1) is 18.2. The van der Waals surface area contributed by atoms with Crippen molar-refractivity contribution in [1.29, 1.82) is 0 Å². The Morgan fingerprint density at radius 3 is 2.62 bits per heavy atom. The topological polar surface area (TPSA) is 87.3 Å². The fourth-order valence-electron chi connectivity index (χ4n) is 2.59. The highest BCUT2D eigenvalue weighted by Gasteiger charge is 2.27. The Kier molecular flexibility index (Phi) is 5.44. The van der Waals surface area contributed by atoms with Crippen molar-refractivity contribution in [3.05, 3.63) is 58.1 Å². The number of carbonyl (C=O) groups is 3. The number of hydrogen-bond donors (Lipinski definition) is 3. The molecule has 134 valence electrons. The van der Waals surface area contributed by atoms with Crippen molar-refractivity contribution in [2.75, 3.05) is 10.6 Å². The molecule has 1 aliphatic rings. The van der Waals surface area contributed by atoms with Crippen LogP contribution in [0.5, 0.6) is 0 Å². The number of nitrogens with one attached hydrogen (secondary N) is 3. The third-order valence-corrected chi connectivity index (χ3v) is 4.65. The monoisotopic (exact) mass is 391 g/mol. The minimum atomic E-state index is -0.797. The molecular weight excluding hydrogens is 377 g/mol. The summed E-state index contributed by atoms with van der Waals surface area (Å²) in [6.45, 7) is 0. The van der Waals surface area contributed by atoms with Crippen LogP contribution < -0.4 is 16.0 Å². The first-order chi connectivity index (χ1) is 12.4. The van der Waals surface area contributed by atoms with Gasteiger partial charge in [0, 0.05) is 12.1 Å². The van der Waals surface area contributed by atoms with Gasteiger partial charge in [-0.1, -0.05) is 35.3 Å². The van der Waals surface area contributed by atoms with E-state index in [1.54, 1.807) is 42.5 Å². The first-order valence-electron chi connectivity index (χ1n) is 7.89. The molecule has 26 heavy (non-hydrogen) atoms. The third-order valence-electron chi connectivity index (χ3n) is 3.91. The Labute approximate surface area is 159 Å². The van der Waals surface area contributed by atoms with Crippen LogP contribution in [0.15, 0.2) is 42.5 Å². The number of para-hydroxylation sites is 1. The van der Waals surface area contributed by atoms with Gasteiger partial charge in [0.1, 0.15) is 6.04 Å². The number of amides is 3. The van der Waals surface area contributed by atoms with Crippen LogP contribution in [0.2, 0.25) is 10.0 Å². The molecule has 8 heteroatoms. The van der Waals surface area contributed by atoms with Gasteiger partial charge in [-0.15, -0.1) is 0 Å². The van der Waals surface area contributed by atoms with E-state index in [-0.39, 0.29) is 30.6 Å². The van der Waals surface area contributed by atoms with E-state index >= 15 is 0 Å². The van der Waals surface area contributed by atoms with Crippen molar-refractivity contribution in [3.63, 3.8) is 0 Å². The molecule has 0 aromatic heterocycles. The molecule has 0 saturated carbocycles. The molecule has 0 spiro atoms. The van der Waals surface area contributed by atoms with Gasteiger partial charge < -0.3 is 16.0 Å². The Morgan fingerprint density at radius 1 is 1.08 bits per heavy atom. The number of halogens is 2. The number of anilines is 2. The first-order valence-corrected chi connectivity index (χ1v) is 8.65. The fourth-order valence-corrected chi connectivity index (χ4v) is 2.89. The van der Waals surface area contributed by atoms with Crippen molar-refractivity contribution in [2.24, 2.45) is 0 Å². The molecule has 1 unspecified atom stereocenters. The predicted octanol–water partition coefficient (Wildman–Crippen LogP) is 3.46. The van der Waals surface area contributed by atoms with Gasteiger partial charge in [0.25, 0.3) is 5.91 Å². The second-order valence-electron chi connectivity index (χ2n) is 5.78. The van der Waals surface area contributed by atoms with Gasteiger partial charge in [0.05, 0.1) is 21.3 Å². The highest BCUT2D eigenvalue weighted by atomic mass is 35.5. The average molecular weight is 392 g/mol. The maximum Gasteiger partial charge on any atom is 0.254 e. The van der Waals surface area contributed by atoms with Crippen LogP contribution in [0.25, 0.3) is 0 Å². The summed E-state index contributed by atoms with van der Waals surface area (Å²) < 4.78 is 0. The second-order valence-corrected chi connectivity index (χ2v) is 6.59. The summed E-state index contributed by atoms with van der Waals surface area (Å²) >= 11 is 11.7. The molecule has 1 aliphatic heterocycles. The van der Waals surface area contributed by atoms with Gasteiger partial charge in [-0.3, -0.25) is 14.4 Å². The van der Waals surface area contributed by atoms with E-state index < -0.39 is 6.04 Å². The van der Waals surface area contributed by atoms with E-state index in [1.165, 1.54) is 0 Å². The molecule has 2 aromatic rings. The van der Waals surface area contributed by atoms with Crippen molar-refractivity contribution < 1.29 is 14.4 Å². The standard InChI is InChI=1S/C18H15Cl2N3O3/c19-12-6-5-10(9-13(12)20)21-16(24)8-7-15-18(26)22-14-4-2-1-3-11(14)17(25)23-15/h1-6,9,15H,7-8H2,(H,21,24)(H,22,26)(H,23,25). The number of rotatable bonds is 4. The Bertz CT molecular complexity index is 886. The zero-order chi connectivity index (χ0) is 18.7. The minimum absolute atomic E-state index is 0.0506. The van der Waals surface area contributed by atoms with E-state index in [0.717, 1.165) is 0 Å². The maximum absolute atomic E-state index is 12.3. The molecule has 3 amide bonds. The normalized spacial score (nSPS) is 16.2. The van der Waals surface area contributed by atoms with Crippen LogP contribution in [0.4, 0.5) is 11.4 Å². The highest BCUT2D eigenvalue weighted by Crippen LogP contribution is 2.25. The Balaban J connectivity index is 1.60. The van der Waals surface area contributed by atoms with E-state index in [0.29, 0.717) is 27.0 Å². The summed E-state index contributed by atoms with van der Waals surface area (Å²) in [6, 6.07) is 10.7. The summed E-state index contributed by atoms with van der Waals surface area (Å²) in [5, 5.41) is 8.76. The summed E-state index contributed by atoms with van der Waals surface area (Å²) in [7, 11) is 0. The smallest absolute Gasteiger partial charge is 0.254 e.